The van der Waals surface area contributed by atoms with E-state index in [-0.39, 0.29) is 17.3 Å². The predicted molar refractivity (Wildman–Crippen MR) is 109 cm³/mol. The van der Waals surface area contributed by atoms with E-state index in [1.807, 2.05) is 13.8 Å². The van der Waals surface area contributed by atoms with E-state index in [1.165, 1.54) is 32.1 Å². The van der Waals surface area contributed by atoms with E-state index in [1.54, 1.807) is 7.05 Å². The summed E-state index contributed by atoms with van der Waals surface area (Å²) in [6, 6.07) is 0.899. The Balaban J connectivity index is 1.46. The first-order chi connectivity index (χ1) is 13.5. The number of nitrogens with zero attached hydrogens (tertiary/aromatic N) is 3. The van der Waals surface area contributed by atoms with E-state index >= 15 is 0 Å². The molecule has 2 aliphatic heterocycles. The Morgan fingerprint density at radius 3 is 2.71 bits per heavy atom. The van der Waals surface area contributed by atoms with Crippen LogP contribution in [0.15, 0.2) is 0 Å². The van der Waals surface area contributed by atoms with Gasteiger partial charge in [-0.3, -0.25) is 4.79 Å². The highest BCUT2D eigenvalue weighted by Gasteiger charge is 2.45. The van der Waals surface area contributed by atoms with Gasteiger partial charge in [-0.05, 0) is 39.5 Å². The molecule has 0 radical (unpaired) electrons. The molecule has 0 aromatic carbocycles. The first-order valence-corrected chi connectivity index (χ1v) is 10.7. The van der Waals surface area contributed by atoms with Gasteiger partial charge in [-0.1, -0.05) is 19.3 Å². The summed E-state index contributed by atoms with van der Waals surface area (Å²) in [6.45, 7) is 6.73. The minimum Gasteiger partial charge on any atom is -0.373 e. The van der Waals surface area contributed by atoms with Crippen LogP contribution in [0.4, 0.5) is 5.82 Å². The summed E-state index contributed by atoms with van der Waals surface area (Å²) in [5.74, 6) is 0.911. The molecule has 3 heterocycles. The van der Waals surface area contributed by atoms with Gasteiger partial charge in [0, 0.05) is 50.1 Å². The van der Waals surface area contributed by atoms with Gasteiger partial charge < -0.3 is 20.3 Å². The number of hydrogen-bond donors (Lipinski definition) is 2. The first-order valence-electron chi connectivity index (χ1n) is 10.7. The summed E-state index contributed by atoms with van der Waals surface area (Å²) in [4.78, 5) is 23.3. The molecule has 2 N–H and O–H groups in total. The average Bonchev–Trinajstić information content (AvgIpc) is 3.32. The molecule has 1 aromatic heterocycles. The van der Waals surface area contributed by atoms with Crippen molar-refractivity contribution in [3.05, 3.63) is 17.1 Å². The van der Waals surface area contributed by atoms with Crippen molar-refractivity contribution in [2.24, 2.45) is 0 Å². The number of carbonyl (C=O) groups excluding carboxylic acids is 1. The van der Waals surface area contributed by atoms with Crippen molar-refractivity contribution >= 4 is 11.7 Å². The lowest BCUT2D eigenvalue weighted by molar-refractivity contribution is -0.0400. The smallest absolute Gasteiger partial charge is 0.288 e. The molecule has 2 atom stereocenters. The van der Waals surface area contributed by atoms with Crippen LogP contribution >= 0.6 is 0 Å². The summed E-state index contributed by atoms with van der Waals surface area (Å²) in [5, 5.41) is 6.56. The van der Waals surface area contributed by atoms with Crippen LogP contribution in [0.25, 0.3) is 0 Å². The summed E-state index contributed by atoms with van der Waals surface area (Å²) < 4.78 is 6.26. The Hall–Kier alpha value is -1.73. The van der Waals surface area contributed by atoms with E-state index in [4.69, 9.17) is 4.74 Å². The zero-order valence-corrected chi connectivity index (χ0v) is 17.4. The monoisotopic (exact) mass is 387 g/mol. The Morgan fingerprint density at radius 1 is 1.18 bits per heavy atom. The van der Waals surface area contributed by atoms with Crippen molar-refractivity contribution in [2.45, 2.75) is 76.5 Å². The van der Waals surface area contributed by atoms with Crippen LogP contribution in [0.3, 0.4) is 0 Å². The standard InChI is InChI=1S/C21H33N5O2/c1-14-15(2)23-18(20(27)22-3)25-19(14)26-11-7-16(13-26)24-17-8-12-28-21(17)9-5-4-6-10-21/h16-17,24H,4-13H2,1-3H3,(H,22,27)/t16-,17?/m1/s1. The van der Waals surface area contributed by atoms with Crippen molar-refractivity contribution in [1.29, 1.82) is 0 Å². The molecule has 154 valence electrons. The van der Waals surface area contributed by atoms with Gasteiger partial charge >= 0.3 is 0 Å². The lowest BCUT2D eigenvalue weighted by Gasteiger charge is -2.39. The average molecular weight is 388 g/mol. The molecule has 0 bridgehead atoms. The van der Waals surface area contributed by atoms with E-state index < -0.39 is 0 Å². The lowest BCUT2D eigenvalue weighted by Crippen LogP contribution is -2.52. The number of aryl methyl sites for hydroxylation is 1. The third-order valence-electron chi connectivity index (χ3n) is 6.85. The number of rotatable bonds is 4. The molecule has 2 saturated heterocycles. The number of aromatic nitrogens is 2. The molecule has 7 heteroatoms. The second-order valence-corrected chi connectivity index (χ2v) is 8.57. The minimum atomic E-state index is -0.236. The van der Waals surface area contributed by atoms with Gasteiger partial charge in [-0.15, -0.1) is 0 Å². The molecule has 7 nitrogen and oxygen atoms in total. The van der Waals surface area contributed by atoms with Gasteiger partial charge in [0.05, 0.1) is 5.60 Å². The summed E-state index contributed by atoms with van der Waals surface area (Å²) >= 11 is 0. The fourth-order valence-corrected chi connectivity index (χ4v) is 5.13. The maximum absolute atomic E-state index is 12.0. The quantitative estimate of drug-likeness (QED) is 0.824. The second-order valence-electron chi connectivity index (χ2n) is 8.57. The molecule has 1 unspecified atom stereocenters. The molecule has 1 amide bonds. The molecule has 28 heavy (non-hydrogen) atoms. The number of ether oxygens (including phenoxy) is 1. The number of carbonyl (C=O) groups is 1. The van der Waals surface area contributed by atoms with Crippen LogP contribution in [0.5, 0.6) is 0 Å². The van der Waals surface area contributed by atoms with Gasteiger partial charge in [-0.25, -0.2) is 9.97 Å². The molecule has 1 spiro atoms. The normalized spacial score (nSPS) is 26.8. The van der Waals surface area contributed by atoms with Gasteiger partial charge in [0.15, 0.2) is 0 Å². The third-order valence-corrected chi connectivity index (χ3v) is 6.85. The van der Waals surface area contributed by atoms with Crippen molar-refractivity contribution < 1.29 is 9.53 Å². The van der Waals surface area contributed by atoms with Crippen LogP contribution in [-0.4, -0.2) is 60.3 Å². The molecule has 1 saturated carbocycles. The van der Waals surface area contributed by atoms with E-state index in [0.717, 1.165) is 49.6 Å². The molecule has 3 aliphatic rings. The van der Waals surface area contributed by atoms with E-state index in [2.05, 4.69) is 25.5 Å². The van der Waals surface area contributed by atoms with E-state index in [0.29, 0.717) is 12.1 Å². The highest BCUT2D eigenvalue weighted by molar-refractivity contribution is 5.90. The van der Waals surface area contributed by atoms with Crippen LogP contribution in [0.2, 0.25) is 0 Å². The van der Waals surface area contributed by atoms with Crippen molar-refractivity contribution in [3.8, 4) is 0 Å². The molecule has 4 rings (SSSR count). The maximum atomic E-state index is 12.0. The first kappa shape index (κ1) is 19.6. The number of amides is 1. The van der Waals surface area contributed by atoms with Crippen LogP contribution < -0.4 is 15.5 Å². The number of hydrogen-bond acceptors (Lipinski definition) is 6. The Bertz CT molecular complexity index is 732. The molecular weight excluding hydrogens is 354 g/mol. The highest BCUT2D eigenvalue weighted by Crippen LogP contribution is 2.40. The van der Waals surface area contributed by atoms with Crippen molar-refractivity contribution in [3.63, 3.8) is 0 Å². The second kappa shape index (κ2) is 7.95. The molecule has 1 aliphatic carbocycles. The minimum absolute atomic E-state index is 0.0689. The molecule has 3 fully saturated rings. The van der Waals surface area contributed by atoms with Gasteiger partial charge in [0.1, 0.15) is 5.82 Å². The zero-order chi connectivity index (χ0) is 19.7. The highest BCUT2D eigenvalue weighted by atomic mass is 16.5. The van der Waals surface area contributed by atoms with Crippen LogP contribution in [0, 0.1) is 13.8 Å². The maximum Gasteiger partial charge on any atom is 0.288 e. The third kappa shape index (κ3) is 3.62. The summed E-state index contributed by atoms with van der Waals surface area (Å²) in [7, 11) is 1.61. The van der Waals surface area contributed by atoms with Crippen molar-refractivity contribution in [1.82, 2.24) is 20.6 Å². The number of anilines is 1. The van der Waals surface area contributed by atoms with Crippen LogP contribution in [0.1, 0.15) is 66.8 Å². The summed E-state index contributed by atoms with van der Waals surface area (Å²) in [5.41, 5.74) is 1.99. The van der Waals surface area contributed by atoms with E-state index in [9.17, 15) is 4.79 Å². The SMILES string of the molecule is CNC(=O)c1nc(C)c(C)c(N2CC[C@@H](NC3CCOC34CCCCC4)C2)n1. The van der Waals surface area contributed by atoms with Gasteiger partial charge in [0.2, 0.25) is 5.82 Å². The predicted octanol–water partition coefficient (Wildman–Crippen LogP) is 2.11. The fourth-order valence-electron chi connectivity index (χ4n) is 5.13. The Labute approximate surface area is 167 Å². The Kier molecular flexibility index (Phi) is 5.56. The Morgan fingerprint density at radius 2 is 1.96 bits per heavy atom. The van der Waals surface area contributed by atoms with Gasteiger partial charge in [0.25, 0.3) is 5.91 Å². The van der Waals surface area contributed by atoms with Crippen molar-refractivity contribution in [2.75, 3.05) is 31.6 Å². The van der Waals surface area contributed by atoms with Gasteiger partial charge in [-0.2, -0.15) is 0 Å². The number of nitrogens with one attached hydrogen (secondary N) is 2. The zero-order valence-electron chi connectivity index (χ0n) is 17.4. The molecular formula is C21H33N5O2. The molecule has 1 aromatic rings. The topological polar surface area (TPSA) is 79.4 Å². The fraction of sp³-hybridized carbons (Fsp3) is 0.762. The lowest BCUT2D eigenvalue weighted by atomic mass is 9.79. The summed E-state index contributed by atoms with van der Waals surface area (Å²) in [6.07, 6.45) is 8.51. The van der Waals surface area contributed by atoms with Crippen LogP contribution in [-0.2, 0) is 4.74 Å². The largest absolute Gasteiger partial charge is 0.373 e.